The van der Waals surface area contributed by atoms with Crippen molar-refractivity contribution in [3.8, 4) is 0 Å². The van der Waals surface area contributed by atoms with Gasteiger partial charge < -0.3 is 5.11 Å². The highest BCUT2D eigenvalue weighted by Gasteiger charge is 2.57. The van der Waals surface area contributed by atoms with E-state index in [2.05, 4.69) is 0 Å². The molecule has 1 N–H and O–H groups in total. The molecule has 1 fully saturated rings. The highest BCUT2D eigenvalue weighted by molar-refractivity contribution is 5.92. The monoisotopic (exact) mass is 176 g/mol. The second-order valence-electron chi connectivity index (χ2n) is 4.50. The van der Waals surface area contributed by atoms with E-state index in [0.29, 0.717) is 5.78 Å². The number of hydrogen-bond acceptors (Lipinski definition) is 2. The van der Waals surface area contributed by atoms with Crippen LogP contribution in [-0.2, 0) is 4.79 Å². The maximum absolute atomic E-state index is 11.7. The summed E-state index contributed by atoms with van der Waals surface area (Å²) in [5.41, 5.74) is -0.702. The quantitative estimate of drug-likeness (QED) is 0.557. The Balaban J connectivity index is 2.16. The van der Waals surface area contributed by atoms with Gasteiger partial charge in [-0.25, -0.2) is 0 Å². The van der Waals surface area contributed by atoms with Crippen molar-refractivity contribution in [1.82, 2.24) is 0 Å². The molecule has 3 aliphatic rings. The summed E-state index contributed by atoms with van der Waals surface area (Å²) in [5.74, 6) is 0.205. The predicted octanol–water partition coefficient (Wildman–Crippen LogP) is 0.924. The Morgan fingerprint density at radius 1 is 1.15 bits per heavy atom. The maximum atomic E-state index is 11.7. The van der Waals surface area contributed by atoms with Gasteiger partial charge in [0.2, 0.25) is 0 Å². The molecule has 2 heteroatoms. The van der Waals surface area contributed by atoms with Crippen LogP contribution >= 0.6 is 0 Å². The molecule has 0 aromatic rings. The zero-order valence-electron chi connectivity index (χ0n) is 7.47. The molecule has 2 nitrogen and oxygen atoms in total. The van der Waals surface area contributed by atoms with Gasteiger partial charge in [-0.15, -0.1) is 0 Å². The first-order valence-corrected chi connectivity index (χ1v) is 4.75. The molecule has 0 aromatic heterocycles. The third-order valence-corrected chi connectivity index (χ3v) is 3.83. The molecule has 4 unspecified atom stereocenters. The second-order valence-corrected chi connectivity index (χ2v) is 4.50. The number of allylic oxidation sites excluding steroid dienone is 2. The predicted molar refractivity (Wildman–Crippen MR) is 47.9 cm³/mol. The lowest BCUT2D eigenvalue weighted by Gasteiger charge is -2.40. The molecule has 0 spiro atoms. The first kappa shape index (κ1) is 7.51. The maximum Gasteiger partial charge on any atom is 0.147 e. The van der Waals surface area contributed by atoms with E-state index in [1.165, 1.54) is 0 Å². The van der Waals surface area contributed by atoms with Crippen LogP contribution in [0, 0.1) is 23.7 Å². The lowest BCUT2D eigenvalue weighted by atomic mass is 9.67. The molecule has 0 radical (unpaired) electrons. The van der Waals surface area contributed by atoms with Crippen molar-refractivity contribution >= 4 is 5.78 Å². The van der Waals surface area contributed by atoms with Gasteiger partial charge in [0.05, 0.1) is 5.60 Å². The summed E-state index contributed by atoms with van der Waals surface area (Å²) in [7, 11) is 0. The number of rotatable bonds is 0. The third-order valence-electron chi connectivity index (χ3n) is 3.83. The largest absolute Gasteiger partial charge is 0.389 e. The second kappa shape index (κ2) is 1.95. The lowest BCUT2D eigenvalue weighted by Crippen LogP contribution is -2.50. The summed E-state index contributed by atoms with van der Waals surface area (Å²) in [5, 5.41) is 10.2. The molecule has 3 rings (SSSR count). The Morgan fingerprint density at radius 3 is 2.08 bits per heavy atom. The standard InChI is InChI=1S/C11H12O2/c1-11(13)8-4-5-9(11)7-3-2-6(8)10(7)12/h2-9,13H,1H3. The van der Waals surface area contributed by atoms with E-state index in [0.717, 1.165) is 0 Å². The van der Waals surface area contributed by atoms with Gasteiger partial charge in [0.1, 0.15) is 5.78 Å². The van der Waals surface area contributed by atoms with Gasteiger partial charge in [0, 0.05) is 23.7 Å². The van der Waals surface area contributed by atoms with Gasteiger partial charge in [0.25, 0.3) is 0 Å². The fraction of sp³-hybridized carbons (Fsp3) is 0.545. The fourth-order valence-corrected chi connectivity index (χ4v) is 3.06. The number of Topliss-reactive ketones (excluding diaryl/α,β-unsaturated/α-hetero) is 1. The minimum atomic E-state index is -0.702. The molecular formula is C11H12O2. The van der Waals surface area contributed by atoms with Gasteiger partial charge in [-0.05, 0) is 6.92 Å². The molecule has 4 atom stereocenters. The highest BCUT2D eigenvalue weighted by Crippen LogP contribution is 2.52. The molecule has 0 aliphatic heterocycles. The fourth-order valence-electron chi connectivity index (χ4n) is 3.06. The molecule has 0 amide bonds. The Hall–Kier alpha value is -0.890. The van der Waals surface area contributed by atoms with Crippen LogP contribution in [-0.4, -0.2) is 16.5 Å². The zero-order chi connectivity index (χ0) is 9.22. The average molecular weight is 176 g/mol. The SMILES string of the molecule is CC1(O)C2C=CC1C1C=CC2C1=O. The first-order chi connectivity index (χ1) is 6.12. The van der Waals surface area contributed by atoms with Crippen LogP contribution in [0.2, 0.25) is 0 Å². The summed E-state index contributed by atoms with van der Waals surface area (Å²) < 4.78 is 0. The smallest absolute Gasteiger partial charge is 0.147 e. The van der Waals surface area contributed by atoms with Crippen molar-refractivity contribution < 1.29 is 9.90 Å². The number of carbonyl (C=O) groups is 1. The molecule has 0 aromatic carbocycles. The van der Waals surface area contributed by atoms with E-state index in [-0.39, 0.29) is 23.7 Å². The Labute approximate surface area is 76.9 Å². The van der Waals surface area contributed by atoms with E-state index >= 15 is 0 Å². The number of ketones is 1. The van der Waals surface area contributed by atoms with E-state index in [9.17, 15) is 9.90 Å². The van der Waals surface area contributed by atoms with E-state index < -0.39 is 5.60 Å². The minimum absolute atomic E-state index is 0.0139. The number of hydrogen-bond donors (Lipinski definition) is 1. The van der Waals surface area contributed by atoms with Crippen molar-refractivity contribution in [2.24, 2.45) is 23.7 Å². The Morgan fingerprint density at radius 2 is 1.62 bits per heavy atom. The molecule has 0 heterocycles. The molecule has 1 saturated carbocycles. The Kier molecular flexibility index (Phi) is 1.13. The van der Waals surface area contributed by atoms with Crippen LogP contribution in [0.15, 0.2) is 24.3 Å². The van der Waals surface area contributed by atoms with Crippen LogP contribution in [0.25, 0.3) is 0 Å². The van der Waals surface area contributed by atoms with E-state index in [1.54, 1.807) is 0 Å². The average Bonchev–Trinajstić information content (AvgIpc) is 2.36. The van der Waals surface area contributed by atoms with Crippen molar-refractivity contribution in [1.29, 1.82) is 0 Å². The van der Waals surface area contributed by atoms with Gasteiger partial charge in [-0.1, -0.05) is 24.3 Å². The number of carbonyl (C=O) groups excluding carboxylic acids is 1. The topological polar surface area (TPSA) is 37.3 Å². The van der Waals surface area contributed by atoms with E-state index in [1.807, 2.05) is 31.2 Å². The first-order valence-electron chi connectivity index (χ1n) is 4.75. The van der Waals surface area contributed by atoms with Crippen LogP contribution in [0.4, 0.5) is 0 Å². The van der Waals surface area contributed by atoms with Gasteiger partial charge in [-0.3, -0.25) is 4.79 Å². The molecule has 68 valence electrons. The van der Waals surface area contributed by atoms with E-state index in [4.69, 9.17) is 0 Å². The van der Waals surface area contributed by atoms with Crippen LogP contribution < -0.4 is 0 Å². The van der Waals surface area contributed by atoms with Crippen LogP contribution in [0.3, 0.4) is 0 Å². The summed E-state index contributed by atoms with van der Waals surface area (Å²) >= 11 is 0. The summed E-state index contributed by atoms with van der Waals surface area (Å²) in [6.45, 7) is 1.85. The Bertz CT molecular complexity index is 310. The van der Waals surface area contributed by atoms with Gasteiger partial charge in [0.15, 0.2) is 0 Å². The van der Waals surface area contributed by atoms with Crippen LogP contribution in [0.1, 0.15) is 6.92 Å². The van der Waals surface area contributed by atoms with Gasteiger partial charge >= 0.3 is 0 Å². The third kappa shape index (κ3) is 0.670. The molecule has 4 bridgehead atoms. The molecule has 0 saturated heterocycles. The summed E-state index contributed by atoms with van der Waals surface area (Å²) in [6, 6.07) is 0. The molecule has 3 aliphatic carbocycles. The number of aliphatic hydroxyl groups is 1. The lowest BCUT2D eigenvalue weighted by molar-refractivity contribution is -0.138. The number of fused-ring (bicyclic) bond motifs is 6. The highest BCUT2D eigenvalue weighted by atomic mass is 16.3. The zero-order valence-corrected chi connectivity index (χ0v) is 7.47. The molecule has 13 heavy (non-hydrogen) atoms. The van der Waals surface area contributed by atoms with Gasteiger partial charge in [-0.2, -0.15) is 0 Å². The van der Waals surface area contributed by atoms with Crippen molar-refractivity contribution in [2.75, 3.05) is 0 Å². The van der Waals surface area contributed by atoms with Crippen LogP contribution in [0.5, 0.6) is 0 Å². The molecular weight excluding hydrogens is 164 g/mol. The summed E-state index contributed by atoms with van der Waals surface area (Å²) in [4.78, 5) is 11.7. The van der Waals surface area contributed by atoms with Crippen molar-refractivity contribution in [3.63, 3.8) is 0 Å². The minimum Gasteiger partial charge on any atom is -0.389 e. The van der Waals surface area contributed by atoms with Crippen molar-refractivity contribution in [2.45, 2.75) is 12.5 Å². The van der Waals surface area contributed by atoms with Crippen molar-refractivity contribution in [3.05, 3.63) is 24.3 Å². The summed E-state index contributed by atoms with van der Waals surface area (Å²) in [6.07, 6.45) is 7.96. The normalized spacial score (nSPS) is 56.3.